The first-order chi connectivity index (χ1) is 13.5. The fourth-order valence-corrected chi connectivity index (χ4v) is 4.75. The van der Waals surface area contributed by atoms with Crippen LogP contribution in [0.2, 0.25) is 0 Å². The van der Waals surface area contributed by atoms with Crippen LogP contribution in [0.25, 0.3) is 0 Å². The highest BCUT2D eigenvalue weighted by molar-refractivity contribution is 14.0. The molecule has 1 atom stereocenters. The molecule has 0 aliphatic carbocycles. The van der Waals surface area contributed by atoms with Crippen LogP contribution in [0.1, 0.15) is 39.5 Å². The van der Waals surface area contributed by atoms with E-state index in [9.17, 15) is 21.6 Å². The molecule has 30 heavy (non-hydrogen) atoms. The molecule has 0 radical (unpaired) electrons. The molecule has 1 aliphatic rings. The fraction of sp³-hybridized carbons (Fsp3) is 0.944. The Kier molecular flexibility index (Phi) is 13.1. The zero-order valence-electron chi connectivity index (χ0n) is 18.5. The van der Waals surface area contributed by atoms with Crippen molar-refractivity contribution in [2.75, 3.05) is 47.3 Å². The predicted molar refractivity (Wildman–Crippen MR) is 126 cm³/mol. The quantitative estimate of drug-likeness (QED) is 0.253. The zero-order chi connectivity index (χ0) is 22.2. The first-order valence-corrected chi connectivity index (χ1v) is 11.6. The number of guanidine groups is 1. The summed E-state index contributed by atoms with van der Waals surface area (Å²) in [5.74, 6) is 1.31. The molecule has 12 heteroatoms. The monoisotopic (exact) mass is 571 g/mol. The molecule has 0 bridgehead atoms. The first-order valence-electron chi connectivity index (χ1n) is 10.1. The molecule has 1 heterocycles. The third kappa shape index (κ3) is 8.30. The third-order valence-electron chi connectivity index (χ3n) is 5.72. The Morgan fingerprint density at radius 3 is 2.10 bits per heavy atom. The Bertz CT molecular complexity index is 620. The van der Waals surface area contributed by atoms with Gasteiger partial charge in [-0.25, -0.2) is 8.42 Å². The molecule has 0 saturated carbocycles. The van der Waals surface area contributed by atoms with Gasteiger partial charge in [-0.05, 0) is 38.8 Å². The Morgan fingerprint density at radius 2 is 1.70 bits per heavy atom. The van der Waals surface area contributed by atoms with E-state index in [1.165, 1.54) is 0 Å². The van der Waals surface area contributed by atoms with Crippen LogP contribution in [0.4, 0.5) is 13.2 Å². The van der Waals surface area contributed by atoms with Crippen LogP contribution in [0.3, 0.4) is 0 Å². The van der Waals surface area contributed by atoms with E-state index < -0.39 is 15.5 Å². The van der Waals surface area contributed by atoms with Crippen LogP contribution in [0.15, 0.2) is 4.99 Å². The van der Waals surface area contributed by atoms with Gasteiger partial charge >= 0.3 is 15.5 Å². The number of rotatable bonds is 9. The normalized spacial score (nSPS) is 18.4. The maximum atomic E-state index is 12.7. The number of hydrogen-bond acceptors (Lipinski definition) is 4. The van der Waals surface area contributed by atoms with Gasteiger partial charge in [-0.3, -0.25) is 4.99 Å². The summed E-state index contributed by atoms with van der Waals surface area (Å²) in [6.07, 6.45) is 2.94. The molecule has 180 valence electrons. The van der Waals surface area contributed by atoms with Crippen LogP contribution >= 0.6 is 24.0 Å². The van der Waals surface area contributed by atoms with Gasteiger partial charge in [0, 0.05) is 39.3 Å². The standard InChI is InChI=1S/C18H36F3N5O2S.HI/c1-6-15(7-2)16(25(4)5)13-24-17(22-3)23-12-14-8-10-26(11-9-14)29(27,28)18(19,20)21;/h14-16H,6-13H2,1-5H3,(H2,22,23,24);1H. The summed E-state index contributed by atoms with van der Waals surface area (Å²) in [5, 5.41) is 6.56. The van der Waals surface area contributed by atoms with E-state index in [-0.39, 0.29) is 43.0 Å². The number of piperidine rings is 1. The summed E-state index contributed by atoms with van der Waals surface area (Å²) in [6, 6.07) is 0.361. The molecule has 1 unspecified atom stereocenters. The lowest BCUT2D eigenvalue weighted by Crippen LogP contribution is -2.50. The Balaban J connectivity index is 0.00000841. The maximum absolute atomic E-state index is 12.7. The number of hydrogen-bond donors (Lipinski definition) is 2. The van der Waals surface area contributed by atoms with E-state index in [1.54, 1.807) is 7.05 Å². The van der Waals surface area contributed by atoms with E-state index >= 15 is 0 Å². The molecule has 1 fully saturated rings. The van der Waals surface area contributed by atoms with Crippen molar-refractivity contribution in [2.45, 2.75) is 51.1 Å². The van der Waals surface area contributed by atoms with Gasteiger partial charge in [0.05, 0.1) is 0 Å². The predicted octanol–water partition coefficient (Wildman–Crippen LogP) is 2.70. The fourth-order valence-electron chi connectivity index (χ4n) is 3.77. The number of likely N-dealkylation sites (N-methyl/N-ethyl adjacent to an activating group) is 1. The van der Waals surface area contributed by atoms with Gasteiger partial charge in [-0.15, -0.1) is 24.0 Å². The molecule has 0 amide bonds. The molecule has 1 rings (SSSR count). The molecule has 1 aliphatic heterocycles. The highest BCUT2D eigenvalue weighted by atomic mass is 127. The minimum Gasteiger partial charge on any atom is -0.356 e. The topological polar surface area (TPSA) is 77.0 Å². The molecule has 7 nitrogen and oxygen atoms in total. The van der Waals surface area contributed by atoms with Crippen molar-refractivity contribution in [1.82, 2.24) is 19.8 Å². The second-order valence-corrected chi connectivity index (χ2v) is 9.66. The van der Waals surface area contributed by atoms with E-state index in [0.29, 0.717) is 41.6 Å². The van der Waals surface area contributed by atoms with Crippen LogP contribution in [-0.4, -0.2) is 82.5 Å². The van der Waals surface area contributed by atoms with Gasteiger partial charge in [0.1, 0.15) is 0 Å². The van der Waals surface area contributed by atoms with Crippen LogP contribution in [0, 0.1) is 11.8 Å². The van der Waals surface area contributed by atoms with E-state index in [4.69, 9.17) is 0 Å². The molecule has 0 spiro atoms. The van der Waals surface area contributed by atoms with Crippen molar-refractivity contribution in [3.63, 3.8) is 0 Å². The average Bonchev–Trinajstić information content (AvgIpc) is 2.66. The van der Waals surface area contributed by atoms with Gasteiger partial charge < -0.3 is 15.5 Å². The highest BCUT2D eigenvalue weighted by Gasteiger charge is 2.50. The van der Waals surface area contributed by atoms with Crippen molar-refractivity contribution in [3.8, 4) is 0 Å². The largest absolute Gasteiger partial charge is 0.511 e. The van der Waals surface area contributed by atoms with Crippen molar-refractivity contribution < 1.29 is 21.6 Å². The van der Waals surface area contributed by atoms with Crippen molar-refractivity contribution >= 4 is 40.0 Å². The van der Waals surface area contributed by atoms with Crippen LogP contribution in [-0.2, 0) is 10.0 Å². The molecule has 2 N–H and O–H groups in total. The maximum Gasteiger partial charge on any atom is 0.511 e. The van der Waals surface area contributed by atoms with E-state index in [2.05, 4.69) is 48.5 Å². The lowest BCUT2D eigenvalue weighted by atomic mass is 9.93. The smallest absolute Gasteiger partial charge is 0.356 e. The molecule has 0 aromatic heterocycles. The number of halogens is 4. The Labute approximate surface area is 196 Å². The Morgan fingerprint density at radius 1 is 1.17 bits per heavy atom. The summed E-state index contributed by atoms with van der Waals surface area (Å²) < 4.78 is 61.5. The third-order valence-corrected chi connectivity index (χ3v) is 7.35. The van der Waals surface area contributed by atoms with Gasteiger partial charge in [-0.1, -0.05) is 26.7 Å². The summed E-state index contributed by atoms with van der Waals surface area (Å²) >= 11 is 0. The molecular weight excluding hydrogens is 534 g/mol. The molecule has 0 aromatic carbocycles. The lowest BCUT2D eigenvalue weighted by Gasteiger charge is -2.33. The van der Waals surface area contributed by atoms with Crippen molar-refractivity contribution in [1.29, 1.82) is 0 Å². The Hall–Kier alpha value is -0.340. The minimum absolute atomic E-state index is 0. The van der Waals surface area contributed by atoms with Gasteiger partial charge in [0.2, 0.25) is 0 Å². The highest BCUT2D eigenvalue weighted by Crippen LogP contribution is 2.30. The second-order valence-electron chi connectivity index (χ2n) is 7.73. The summed E-state index contributed by atoms with van der Waals surface area (Å²) in [6.45, 7) is 5.42. The van der Waals surface area contributed by atoms with Gasteiger partial charge in [0.15, 0.2) is 5.96 Å². The number of nitrogens with one attached hydrogen (secondary N) is 2. The summed E-state index contributed by atoms with van der Waals surface area (Å²) in [4.78, 5) is 6.43. The molecule has 1 saturated heterocycles. The number of aliphatic imine (C=N–C) groups is 1. The van der Waals surface area contributed by atoms with Crippen LogP contribution in [0.5, 0.6) is 0 Å². The van der Waals surface area contributed by atoms with Gasteiger partial charge in [-0.2, -0.15) is 17.5 Å². The SMILES string of the molecule is CCC(CC)C(CNC(=NC)NCC1CCN(S(=O)(=O)C(F)(F)F)CC1)N(C)C.I. The molecular formula is C18H37F3IN5O2S. The second kappa shape index (κ2) is 13.3. The average molecular weight is 571 g/mol. The number of sulfonamides is 1. The van der Waals surface area contributed by atoms with Crippen LogP contribution < -0.4 is 10.6 Å². The summed E-state index contributed by atoms with van der Waals surface area (Å²) in [7, 11) is 0.568. The number of nitrogens with zero attached hydrogens (tertiary/aromatic N) is 3. The van der Waals surface area contributed by atoms with Gasteiger partial charge in [0.25, 0.3) is 0 Å². The lowest BCUT2D eigenvalue weighted by molar-refractivity contribution is -0.0496. The van der Waals surface area contributed by atoms with Crippen molar-refractivity contribution in [3.05, 3.63) is 0 Å². The zero-order valence-corrected chi connectivity index (χ0v) is 21.6. The summed E-state index contributed by atoms with van der Waals surface area (Å²) in [5.41, 5.74) is -5.23. The van der Waals surface area contributed by atoms with E-state index in [1.807, 2.05) is 0 Å². The first kappa shape index (κ1) is 29.7. The van der Waals surface area contributed by atoms with E-state index in [0.717, 1.165) is 19.4 Å². The minimum atomic E-state index is -5.23. The van der Waals surface area contributed by atoms with Crippen molar-refractivity contribution in [2.24, 2.45) is 16.8 Å². The number of alkyl halides is 3. The molecule has 0 aromatic rings.